The average molecular weight is 143 g/mol. The molecule has 1 unspecified atom stereocenters. The molecule has 1 aliphatic rings. The summed E-state index contributed by atoms with van der Waals surface area (Å²) in [6.07, 6.45) is 0.258. The number of ether oxygens (including phenoxy) is 1. The second-order valence-electron chi connectivity index (χ2n) is 2.00. The molecule has 1 atom stereocenters. The summed E-state index contributed by atoms with van der Waals surface area (Å²) < 4.78 is 4.52. The predicted octanol–water partition coefficient (Wildman–Crippen LogP) is -0.0570. The van der Waals surface area contributed by atoms with Gasteiger partial charge < -0.3 is 9.84 Å². The minimum absolute atomic E-state index is 0.0622. The summed E-state index contributed by atoms with van der Waals surface area (Å²) in [5.74, 6) is 0. The molecule has 0 radical (unpaired) electrons. The molecule has 1 heterocycles. The van der Waals surface area contributed by atoms with Gasteiger partial charge in [0.25, 0.3) is 0 Å². The van der Waals surface area contributed by atoms with Crippen molar-refractivity contribution in [3.05, 3.63) is 12.7 Å². The van der Waals surface area contributed by atoms with Crippen LogP contribution in [0.3, 0.4) is 0 Å². The molecule has 4 nitrogen and oxygen atoms in total. The Hall–Kier alpha value is -1.03. The molecule has 1 N–H and O–H groups in total. The van der Waals surface area contributed by atoms with Gasteiger partial charge in [0.15, 0.2) is 6.23 Å². The molecule has 0 aromatic heterocycles. The Bertz CT molecular complexity index is 157. The van der Waals surface area contributed by atoms with Gasteiger partial charge in [0.2, 0.25) is 0 Å². The van der Waals surface area contributed by atoms with E-state index in [1.54, 1.807) is 0 Å². The van der Waals surface area contributed by atoms with Gasteiger partial charge in [0.05, 0.1) is 0 Å². The van der Waals surface area contributed by atoms with E-state index < -0.39 is 12.3 Å². The van der Waals surface area contributed by atoms with Crippen molar-refractivity contribution < 1.29 is 14.6 Å². The lowest BCUT2D eigenvalue weighted by Crippen LogP contribution is -2.32. The zero-order valence-electron chi connectivity index (χ0n) is 5.49. The molecule has 1 fully saturated rings. The topological polar surface area (TPSA) is 49.8 Å². The van der Waals surface area contributed by atoms with Crippen molar-refractivity contribution in [1.29, 1.82) is 0 Å². The monoisotopic (exact) mass is 143 g/mol. The summed E-state index contributed by atoms with van der Waals surface area (Å²) in [5, 5.41) is 9.02. The largest absolute Gasteiger partial charge is 0.445 e. The number of cyclic esters (lactones) is 1. The van der Waals surface area contributed by atoms with Crippen LogP contribution in [-0.2, 0) is 4.74 Å². The maximum Gasteiger partial charge on any atom is 0.412 e. The number of rotatable bonds is 2. The van der Waals surface area contributed by atoms with Gasteiger partial charge >= 0.3 is 6.09 Å². The summed E-state index contributed by atoms with van der Waals surface area (Å²) >= 11 is 0. The van der Waals surface area contributed by atoms with Crippen LogP contribution in [0.5, 0.6) is 0 Å². The van der Waals surface area contributed by atoms with Gasteiger partial charge in [0.1, 0.15) is 6.61 Å². The standard InChI is InChI=1S/C6H9NO3/c1-2-3-7-5(8)4-10-6(7)9/h2,5,8H,1,3-4H2. The van der Waals surface area contributed by atoms with Crippen LogP contribution < -0.4 is 0 Å². The molecule has 10 heavy (non-hydrogen) atoms. The smallest absolute Gasteiger partial charge is 0.412 e. The van der Waals surface area contributed by atoms with Crippen molar-refractivity contribution in [1.82, 2.24) is 4.90 Å². The van der Waals surface area contributed by atoms with E-state index in [4.69, 9.17) is 5.11 Å². The van der Waals surface area contributed by atoms with Gasteiger partial charge in [-0.2, -0.15) is 0 Å². The number of nitrogens with zero attached hydrogens (tertiary/aromatic N) is 1. The van der Waals surface area contributed by atoms with Gasteiger partial charge in [-0.15, -0.1) is 6.58 Å². The number of amides is 1. The second kappa shape index (κ2) is 2.70. The molecule has 0 aromatic carbocycles. The zero-order valence-corrected chi connectivity index (χ0v) is 5.49. The lowest BCUT2D eigenvalue weighted by molar-refractivity contribution is 0.0661. The highest BCUT2D eigenvalue weighted by atomic mass is 16.6. The highest BCUT2D eigenvalue weighted by molar-refractivity contribution is 5.69. The number of hydrogen-bond donors (Lipinski definition) is 1. The van der Waals surface area contributed by atoms with Gasteiger partial charge in [-0.1, -0.05) is 6.08 Å². The first kappa shape index (κ1) is 7.08. The van der Waals surface area contributed by atoms with Crippen LogP contribution in [-0.4, -0.2) is 35.5 Å². The van der Waals surface area contributed by atoms with E-state index in [-0.39, 0.29) is 6.61 Å². The fourth-order valence-corrected chi connectivity index (χ4v) is 0.776. The first-order valence-electron chi connectivity index (χ1n) is 2.98. The third-order valence-electron chi connectivity index (χ3n) is 1.28. The SMILES string of the molecule is C=CCN1C(=O)OCC1O. The van der Waals surface area contributed by atoms with Crippen LogP contribution in [0.2, 0.25) is 0 Å². The van der Waals surface area contributed by atoms with E-state index >= 15 is 0 Å². The summed E-state index contributed by atoms with van der Waals surface area (Å²) in [5.41, 5.74) is 0. The number of carbonyl (C=O) groups is 1. The van der Waals surface area contributed by atoms with E-state index in [0.717, 1.165) is 0 Å². The van der Waals surface area contributed by atoms with Crippen LogP contribution in [0.4, 0.5) is 4.79 Å². The molecular weight excluding hydrogens is 134 g/mol. The molecule has 4 heteroatoms. The molecule has 0 aliphatic carbocycles. The van der Waals surface area contributed by atoms with E-state index in [1.165, 1.54) is 11.0 Å². The Morgan fingerprint density at radius 1 is 2.00 bits per heavy atom. The summed E-state index contributed by atoms with van der Waals surface area (Å²) in [6.45, 7) is 3.83. The Kier molecular flexibility index (Phi) is 1.91. The molecule has 0 bridgehead atoms. The van der Waals surface area contributed by atoms with Crippen molar-refractivity contribution in [2.24, 2.45) is 0 Å². The molecule has 1 saturated heterocycles. The molecule has 0 aromatic rings. The minimum Gasteiger partial charge on any atom is -0.445 e. The van der Waals surface area contributed by atoms with Crippen molar-refractivity contribution in [2.45, 2.75) is 6.23 Å². The number of aliphatic hydroxyl groups is 1. The normalized spacial score (nSPS) is 24.7. The highest BCUT2D eigenvalue weighted by Gasteiger charge is 2.29. The first-order valence-corrected chi connectivity index (χ1v) is 2.98. The van der Waals surface area contributed by atoms with Crippen LogP contribution >= 0.6 is 0 Å². The third-order valence-corrected chi connectivity index (χ3v) is 1.28. The summed E-state index contributed by atoms with van der Waals surface area (Å²) in [6, 6.07) is 0. The third kappa shape index (κ3) is 1.11. The Labute approximate surface area is 58.7 Å². The molecule has 1 rings (SSSR count). The van der Waals surface area contributed by atoms with Gasteiger partial charge in [-0.3, -0.25) is 4.90 Å². The Balaban J connectivity index is 2.53. The van der Waals surface area contributed by atoms with Gasteiger partial charge in [-0.05, 0) is 0 Å². The van der Waals surface area contributed by atoms with Crippen molar-refractivity contribution in [3.63, 3.8) is 0 Å². The van der Waals surface area contributed by atoms with E-state index in [0.29, 0.717) is 6.54 Å². The van der Waals surface area contributed by atoms with Gasteiger partial charge in [-0.25, -0.2) is 4.79 Å². The molecule has 0 saturated carbocycles. The Morgan fingerprint density at radius 3 is 3.10 bits per heavy atom. The fourth-order valence-electron chi connectivity index (χ4n) is 0.776. The summed E-state index contributed by atoms with van der Waals surface area (Å²) in [7, 11) is 0. The maximum atomic E-state index is 10.7. The lowest BCUT2D eigenvalue weighted by Gasteiger charge is -2.13. The maximum absolute atomic E-state index is 10.7. The quantitative estimate of drug-likeness (QED) is 0.551. The molecule has 1 aliphatic heterocycles. The predicted molar refractivity (Wildman–Crippen MR) is 34.3 cm³/mol. The minimum atomic E-state index is -0.800. The Morgan fingerprint density at radius 2 is 2.70 bits per heavy atom. The zero-order chi connectivity index (χ0) is 7.56. The van der Waals surface area contributed by atoms with Crippen LogP contribution in [0, 0.1) is 0 Å². The molecular formula is C6H9NO3. The van der Waals surface area contributed by atoms with Crippen molar-refractivity contribution >= 4 is 6.09 Å². The molecule has 1 amide bonds. The number of hydrogen-bond acceptors (Lipinski definition) is 3. The highest BCUT2D eigenvalue weighted by Crippen LogP contribution is 2.08. The number of aliphatic hydroxyl groups excluding tert-OH is 1. The number of carbonyl (C=O) groups excluding carboxylic acids is 1. The molecule has 0 spiro atoms. The molecule has 56 valence electrons. The lowest BCUT2D eigenvalue weighted by atomic mass is 10.5. The fraction of sp³-hybridized carbons (Fsp3) is 0.500. The second-order valence-corrected chi connectivity index (χ2v) is 2.00. The van der Waals surface area contributed by atoms with Crippen molar-refractivity contribution in [3.8, 4) is 0 Å². The van der Waals surface area contributed by atoms with Crippen LogP contribution in [0.25, 0.3) is 0 Å². The van der Waals surface area contributed by atoms with E-state index in [1.807, 2.05) is 0 Å². The average Bonchev–Trinajstić information content (AvgIpc) is 2.20. The van der Waals surface area contributed by atoms with E-state index in [2.05, 4.69) is 11.3 Å². The summed E-state index contributed by atoms with van der Waals surface area (Å²) in [4.78, 5) is 11.9. The van der Waals surface area contributed by atoms with Gasteiger partial charge in [0, 0.05) is 6.54 Å². The van der Waals surface area contributed by atoms with E-state index in [9.17, 15) is 4.79 Å². The first-order chi connectivity index (χ1) is 4.75. The van der Waals surface area contributed by atoms with Crippen LogP contribution in [0.1, 0.15) is 0 Å². The van der Waals surface area contributed by atoms with Crippen molar-refractivity contribution in [2.75, 3.05) is 13.2 Å². The van der Waals surface area contributed by atoms with Crippen LogP contribution in [0.15, 0.2) is 12.7 Å².